The van der Waals surface area contributed by atoms with Crippen LogP contribution in [0.4, 0.5) is 11.4 Å². The van der Waals surface area contributed by atoms with Gasteiger partial charge in [-0.2, -0.15) is 0 Å². The Kier molecular flexibility index (Phi) is 6.87. The van der Waals surface area contributed by atoms with Crippen molar-refractivity contribution in [2.75, 3.05) is 5.32 Å². The lowest BCUT2D eigenvalue weighted by Crippen LogP contribution is -2.29. The average molecular weight is 533 g/mol. The minimum absolute atomic E-state index is 0.0122. The first kappa shape index (κ1) is 24.3. The second-order valence-electron chi connectivity index (χ2n) is 9.07. The van der Waals surface area contributed by atoms with Gasteiger partial charge >= 0.3 is 0 Å². The van der Waals surface area contributed by atoms with Crippen LogP contribution in [0.25, 0.3) is 10.2 Å². The second kappa shape index (κ2) is 9.91. The Labute approximate surface area is 215 Å². The lowest BCUT2D eigenvalue weighted by Gasteiger charge is -2.20. The van der Waals surface area contributed by atoms with E-state index >= 15 is 0 Å². The molecule has 11 heteroatoms. The number of hydrogen-bond acceptors (Lipinski definition) is 7. The fourth-order valence-corrected chi connectivity index (χ4v) is 7.38. The topological polar surface area (TPSA) is 107 Å². The molecule has 8 nitrogen and oxygen atoms in total. The van der Waals surface area contributed by atoms with Crippen molar-refractivity contribution in [3.8, 4) is 0 Å². The van der Waals surface area contributed by atoms with Crippen LogP contribution in [0.2, 0.25) is 5.02 Å². The third-order valence-corrected chi connectivity index (χ3v) is 9.33. The number of non-ortho nitro benzene ring substituents is 1. The second-order valence-corrected chi connectivity index (χ2v) is 11.9. The number of nitrogens with zero attached hydrogens (tertiary/aromatic N) is 3. The van der Waals surface area contributed by atoms with Gasteiger partial charge in [-0.3, -0.25) is 24.3 Å². The molecular weight excluding hydrogens is 508 g/mol. The molecule has 0 saturated heterocycles. The van der Waals surface area contributed by atoms with E-state index in [0.29, 0.717) is 5.16 Å². The number of fused-ring (bicyclic) bond motifs is 3. The van der Waals surface area contributed by atoms with E-state index in [1.54, 1.807) is 18.3 Å². The highest BCUT2D eigenvalue weighted by Crippen LogP contribution is 2.38. The number of anilines is 1. The molecule has 5 rings (SSSR count). The highest BCUT2D eigenvalue weighted by molar-refractivity contribution is 8.00. The normalized spacial score (nSPS) is 16.9. The van der Waals surface area contributed by atoms with Gasteiger partial charge in [-0.25, -0.2) is 4.98 Å². The molecule has 2 heterocycles. The number of benzene rings is 1. The Bertz CT molecular complexity index is 1380. The smallest absolute Gasteiger partial charge is 0.271 e. The number of thioether (sulfide) groups is 1. The van der Waals surface area contributed by atoms with Gasteiger partial charge in [0.05, 0.1) is 26.3 Å². The summed E-state index contributed by atoms with van der Waals surface area (Å²) in [6, 6.07) is 4.00. The molecule has 2 aliphatic carbocycles. The minimum Gasteiger partial charge on any atom is -0.324 e. The van der Waals surface area contributed by atoms with Crippen LogP contribution in [0.1, 0.15) is 61.9 Å². The van der Waals surface area contributed by atoms with Gasteiger partial charge in [-0.15, -0.1) is 11.3 Å². The Balaban J connectivity index is 1.48. The number of aryl methyl sites for hydroxylation is 2. The first-order chi connectivity index (χ1) is 16.8. The SMILES string of the molecule is CC(Sc1nc2sc3c(c2c(=O)n1C1CCCC1)CCCC3)C(=O)Nc1cc([N+](=O)[O-])ccc1Cl. The fraction of sp³-hybridized carbons (Fsp3) is 0.458. The molecule has 1 atom stereocenters. The molecule has 1 amide bonds. The summed E-state index contributed by atoms with van der Waals surface area (Å²) in [4.78, 5) is 44.3. The standard InChI is InChI=1S/C24H25ClN4O4S2/c1-13(21(30)26-18-12-15(29(32)33)10-11-17(18)25)34-24-27-22-20(16-8-4-5-9-19(16)35-22)23(31)28(24)14-6-2-3-7-14/h10-14H,2-9H2,1H3,(H,26,30). The molecule has 1 saturated carbocycles. The van der Waals surface area contributed by atoms with E-state index in [1.807, 2.05) is 4.57 Å². The first-order valence-corrected chi connectivity index (χ1v) is 13.9. The monoisotopic (exact) mass is 532 g/mol. The van der Waals surface area contributed by atoms with E-state index in [2.05, 4.69) is 5.32 Å². The van der Waals surface area contributed by atoms with Crippen molar-refractivity contribution in [2.45, 2.75) is 74.7 Å². The molecule has 2 aromatic heterocycles. The van der Waals surface area contributed by atoms with Crippen molar-refractivity contribution in [1.29, 1.82) is 0 Å². The van der Waals surface area contributed by atoms with Crippen LogP contribution >= 0.6 is 34.7 Å². The summed E-state index contributed by atoms with van der Waals surface area (Å²) < 4.78 is 1.83. The van der Waals surface area contributed by atoms with E-state index < -0.39 is 10.2 Å². The number of thiophene rings is 1. The van der Waals surface area contributed by atoms with E-state index in [0.717, 1.165) is 61.6 Å². The lowest BCUT2D eigenvalue weighted by atomic mass is 9.97. The van der Waals surface area contributed by atoms with E-state index in [1.165, 1.54) is 40.4 Å². The van der Waals surface area contributed by atoms with Crippen LogP contribution in [0, 0.1) is 10.1 Å². The van der Waals surface area contributed by atoms with Gasteiger partial charge in [-0.1, -0.05) is 36.2 Å². The summed E-state index contributed by atoms with van der Waals surface area (Å²) in [5.74, 6) is -0.366. The van der Waals surface area contributed by atoms with E-state index in [-0.39, 0.29) is 33.9 Å². The third kappa shape index (κ3) is 4.71. The van der Waals surface area contributed by atoms with Crippen LogP contribution in [-0.2, 0) is 17.6 Å². The summed E-state index contributed by atoms with van der Waals surface area (Å²) in [6.07, 6.45) is 8.14. The molecule has 0 aliphatic heterocycles. The number of halogens is 1. The highest BCUT2D eigenvalue weighted by atomic mass is 35.5. The molecule has 3 aromatic rings. The molecule has 1 N–H and O–H groups in total. The first-order valence-electron chi connectivity index (χ1n) is 11.8. The Hall–Kier alpha value is -2.43. The van der Waals surface area contributed by atoms with Crippen LogP contribution in [0.3, 0.4) is 0 Å². The van der Waals surface area contributed by atoms with Gasteiger partial charge in [0, 0.05) is 23.1 Å². The zero-order valence-corrected chi connectivity index (χ0v) is 21.6. The summed E-state index contributed by atoms with van der Waals surface area (Å²) in [6.45, 7) is 1.74. The van der Waals surface area contributed by atoms with Crippen LogP contribution in [0.15, 0.2) is 28.2 Å². The quantitative estimate of drug-likeness (QED) is 0.177. The van der Waals surface area contributed by atoms with Crippen molar-refractivity contribution in [1.82, 2.24) is 9.55 Å². The largest absolute Gasteiger partial charge is 0.324 e. The maximum absolute atomic E-state index is 13.8. The van der Waals surface area contributed by atoms with Crippen molar-refractivity contribution in [3.63, 3.8) is 0 Å². The van der Waals surface area contributed by atoms with Gasteiger partial charge < -0.3 is 5.32 Å². The lowest BCUT2D eigenvalue weighted by molar-refractivity contribution is -0.384. The zero-order chi connectivity index (χ0) is 24.7. The predicted molar refractivity (Wildman–Crippen MR) is 140 cm³/mol. The zero-order valence-electron chi connectivity index (χ0n) is 19.2. The fourth-order valence-electron chi connectivity index (χ4n) is 4.94. The molecular formula is C24H25ClN4O4S2. The number of carbonyl (C=O) groups excluding carboxylic acids is 1. The number of rotatable bonds is 6. The molecule has 0 spiro atoms. The number of nitro benzene ring substituents is 1. The van der Waals surface area contributed by atoms with Gasteiger partial charge in [0.15, 0.2) is 5.16 Å². The molecule has 184 valence electrons. The van der Waals surface area contributed by atoms with E-state index in [9.17, 15) is 19.7 Å². The Morgan fingerprint density at radius 1 is 1.29 bits per heavy atom. The van der Waals surface area contributed by atoms with Gasteiger partial charge in [0.25, 0.3) is 11.2 Å². The predicted octanol–water partition coefficient (Wildman–Crippen LogP) is 6.13. The average Bonchev–Trinajstić information content (AvgIpc) is 3.48. The van der Waals surface area contributed by atoms with Gasteiger partial charge in [0.1, 0.15) is 4.83 Å². The number of aromatic nitrogens is 2. The van der Waals surface area contributed by atoms with Gasteiger partial charge in [0.2, 0.25) is 5.91 Å². The summed E-state index contributed by atoms with van der Waals surface area (Å²) in [7, 11) is 0. The highest BCUT2D eigenvalue weighted by Gasteiger charge is 2.29. The van der Waals surface area contributed by atoms with Crippen molar-refractivity contribution in [2.24, 2.45) is 0 Å². The van der Waals surface area contributed by atoms with Crippen molar-refractivity contribution < 1.29 is 9.72 Å². The maximum atomic E-state index is 13.8. The summed E-state index contributed by atoms with van der Waals surface area (Å²) >= 11 is 9.01. The molecule has 35 heavy (non-hydrogen) atoms. The van der Waals surface area contributed by atoms with Crippen LogP contribution in [0.5, 0.6) is 0 Å². The van der Waals surface area contributed by atoms with Gasteiger partial charge in [-0.05, 0) is 57.1 Å². The number of hydrogen-bond donors (Lipinski definition) is 1. The molecule has 0 radical (unpaired) electrons. The number of nitrogens with one attached hydrogen (secondary N) is 1. The van der Waals surface area contributed by atoms with Crippen LogP contribution < -0.4 is 10.9 Å². The maximum Gasteiger partial charge on any atom is 0.271 e. The summed E-state index contributed by atoms with van der Waals surface area (Å²) in [5, 5.41) is 14.7. The van der Waals surface area contributed by atoms with Crippen molar-refractivity contribution >= 4 is 62.2 Å². The molecule has 1 unspecified atom stereocenters. The molecule has 1 fully saturated rings. The third-order valence-electron chi connectivity index (χ3n) is 6.75. The van der Waals surface area contributed by atoms with E-state index in [4.69, 9.17) is 16.6 Å². The number of amides is 1. The summed E-state index contributed by atoms with van der Waals surface area (Å²) in [5.41, 5.74) is 1.20. The number of carbonyl (C=O) groups is 1. The molecule has 0 bridgehead atoms. The van der Waals surface area contributed by atoms with Crippen molar-refractivity contribution in [3.05, 3.63) is 54.1 Å². The molecule has 2 aliphatic rings. The molecule has 1 aromatic carbocycles. The Morgan fingerprint density at radius 2 is 2.03 bits per heavy atom. The van der Waals surface area contributed by atoms with Crippen LogP contribution in [-0.4, -0.2) is 25.6 Å². The minimum atomic E-state index is -0.600. The number of nitro groups is 1. The Morgan fingerprint density at radius 3 is 2.77 bits per heavy atom.